The normalized spacial score (nSPS) is 12.4. The van der Waals surface area contributed by atoms with Crippen molar-refractivity contribution in [3.8, 4) is 11.4 Å². The molecule has 150 valence electrons. The summed E-state index contributed by atoms with van der Waals surface area (Å²) in [4.78, 5) is 23.4. The second kappa shape index (κ2) is 7.66. The van der Waals surface area contributed by atoms with Gasteiger partial charge in [0.1, 0.15) is 6.04 Å². The second-order valence-electron chi connectivity index (χ2n) is 5.98. The highest BCUT2D eigenvalue weighted by atomic mass is 19.4. The summed E-state index contributed by atoms with van der Waals surface area (Å²) in [5.74, 6) is -0.599. The average Bonchev–Trinajstić information content (AvgIpc) is 3.17. The third-order valence-corrected chi connectivity index (χ3v) is 3.95. The lowest BCUT2D eigenvalue weighted by Crippen LogP contribution is -2.25. The molecule has 1 aromatic heterocycles. The second-order valence-corrected chi connectivity index (χ2v) is 5.98. The molecule has 2 aromatic carbocycles. The van der Waals surface area contributed by atoms with Crippen LogP contribution in [0, 0.1) is 10.1 Å². The summed E-state index contributed by atoms with van der Waals surface area (Å²) >= 11 is 0. The van der Waals surface area contributed by atoms with Crippen LogP contribution in [-0.4, -0.2) is 31.0 Å². The average molecular weight is 406 g/mol. The number of nitrogens with zero attached hydrogens (tertiary/aromatic N) is 5. The molecule has 0 radical (unpaired) electrons. The number of nitro benzene ring substituents is 1. The largest absolute Gasteiger partial charge is 0.416 e. The van der Waals surface area contributed by atoms with Crippen molar-refractivity contribution in [2.45, 2.75) is 19.1 Å². The molecule has 0 saturated carbocycles. The van der Waals surface area contributed by atoms with Crippen LogP contribution in [0.25, 0.3) is 11.4 Å². The Morgan fingerprint density at radius 3 is 2.52 bits per heavy atom. The number of benzene rings is 2. The van der Waals surface area contributed by atoms with Crippen molar-refractivity contribution in [2.75, 3.05) is 5.32 Å². The number of halogens is 3. The zero-order valence-corrected chi connectivity index (χ0v) is 14.8. The van der Waals surface area contributed by atoms with Crippen LogP contribution >= 0.6 is 0 Å². The van der Waals surface area contributed by atoms with Crippen molar-refractivity contribution in [1.29, 1.82) is 0 Å². The van der Waals surface area contributed by atoms with Crippen LogP contribution in [0.15, 0.2) is 48.5 Å². The van der Waals surface area contributed by atoms with E-state index in [1.807, 2.05) is 0 Å². The van der Waals surface area contributed by atoms with Gasteiger partial charge in [-0.25, -0.2) is 0 Å². The molecule has 0 aliphatic rings. The molecule has 12 heteroatoms. The van der Waals surface area contributed by atoms with E-state index in [4.69, 9.17) is 0 Å². The number of nitrogens with one attached hydrogen (secondary N) is 1. The van der Waals surface area contributed by atoms with Gasteiger partial charge in [-0.3, -0.25) is 14.9 Å². The van der Waals surface area contributed by atoms with E-state index in [1.54, 1.807) is 0 Å². The number of carbonyl (C=O) groups excluding carboxylic acids is 1. The van der Waals surface area contributed by atoms with Gasteiger partial charge in [0, 0.05) is 23.4 Å². The number of hydrogen-bond acceptors (Lipinski definition) is 6. The monoisotopic (exact) mass is 406 g/mol. The lowest BCUT2D eigenvalue weighted by Gasteiger charge is -2.10. The van der Waals surface area contributed by atoms with Crippen molar-refractivity contribution in [1.82, 2.24) is 20.2 Å². The van der Waals surface area contributed by atoms with Gasteiger partial charge >= 0.3 is 6.18 Å². The maximum absolute atomic E-state index is 12.8. The van der Waals surface area contributed by atoms with E-state index in [-0.39, 0.29) is 17.1 Å². The molecular formula is C17H13F3N6O3. The third-order valence-electron chi connectivity index (χ3n) is 3.95. The molecule has 3 rings (SSSR count). The molecule has 0 fully saturated rings. The smallest absolute Gasteiger partial charge is 0.324 e. The standard InChI is InChI=1S/C17H13F3N6O3/c1-10(16(27)21-13-5-7-14(8-6-13)26(28)29)25-23-15(22-24-25)11-3-2-4-12(9-11)17(18,19)20/h2-10H,1H3,(H,21,27). The molecule has 3 aromatic rings. The van der Waals surface area contributed by atoms with E-state index >= 15 is 0 Å². The molecule has 1 amide bonds. The summed E-state index contributed by atoms with van der Waals surface area (Å²) in [5, 5.41) is 24.6. The summed E-state index contributed by atoms with van der Waals surface area (Å²) < 4.78 is 38.5. The fourth-order valence-electron chi connectivity index (χ4n) is 2.36. The first-order valence-corrected chi connectivity index (χ1v) is 8.17. The highest BCUT2D eigenvalue weighted by molar-refractivity contribution is 5.93. The molecule has 0 saturated heterocycles. The maximum atomic E-state index is 12.8. The molecule has 1 heterocycles. The first-order valence-electron chi connectivity index (χ1n) is 8.17. The maximum Gasteiger partial charge on any atom is 0.416 e. The Morgan fingerprint density at radius 2 is 1.90 bits per heavy atom. The van der Waals surface area contributed by atoms with Crippen LogP contribution in [0.4, 0.5) is 24.5 Å². The number of amides is 1. The summed E-state index contributed by atoms with van der Waals surface area (Å²) in [7, 11) is 0. The van der Waals surface area contributed by atoms with Crippen molar-refractivity contribution in [2.24, 2.45) is 0 Å². The summed E-state index contributed by atoms with van der Waals surface area (Å²) in [5.41, 5.74) is -0.547. The Kier molecular flexibility index (Phi) is 5.26. The number of non-ortho nitro benzene ring substituents is 1. The van der Waals surface area contributed by atoms with Gasteiger partial charge in [0.2, 0.25) is 5.82 Å². The van der Waals surface area contributed by atoms with Crippen LogP contribution in [0.5, 0.6) is 0 Å². The first-order chi connectivity index (χ1) is 13.6. The molecule has 29 heavy (non-hydrogen) atoms. The Labute approximate surface area is 161 Å². The van der Waals surface area contributed by atoms with Gasteiger partial charge in [-0.2, -0.15) is 18.0 Å². The molecule has 0 aliphatic heterocycles. The number of anilines is 1. The minimum absolute atomic E-state index is 0.0638. The van der Waals surface area contributed by atoms with Crippen molar-refractivity contribution in [3.63, 3.8) is 0 Å². The van der Waals surface area contributed by atoms with Gasteiger partial charge in [-0.15, -0.1) is 10.2 Å². The number of rotatable bonds is 5. The first kappa shape index (κ1) is 19.9. The van der Waals surface area contributed by atoms with Gasteiger partial charge in [-0.1, -0.05) is 12.1 Å². The van der Waals surface area contributed by atoms with E-state index < -0.39 is 28.6 Å². The molecule has 1 atom stereocenters. The predicted molar refractivity (Wildman–Crippen MR) is 94.7 cm³/mol. The fraction of sp³-hybridized carbons (Fsp3) is 0.176. The van der Waals surface area contributed by atoms with Gasteiger partial charge < -0.3 is 5.32 Å². The Bertz CT molecular complexity index is 1050. The molecule has 1 unspecified atom stereocenters. The van der Waals surface area contributed by atoms with E-state index in [2.05, 4.69) is 20.7 Å². The molecule has 0 bridgehead atoms. The van der Waals surface area contributed by atoms with Crippen molar-refractivity contribution < 1.29 is 22.9 Å². The fourth-order valence-corrected chi connectivity index (χ4v) is 2.36. The minimum atomic E-state index is -4.51. The Morgan fingerprint density at radius 1 is 1.21 bits per heavy atom. The summed E-state index contributed by atoms with van der Waals surface area (Å²) in [6.45, 7) is 1.47. The van der Waals surface area contributed by atoms with Crippen molar-refractivity contribution in [3.05, 3.63) is 64.2 Å². The zero-order chi connectivity index (χ0) is 21.2. The van der Waals surface area contributed by atoms with Crippen LogP contribution in [0.2, 0.25) is 0 Å². The number of hydrogen-bond donors (Lipinski definition) is 1. The molecule has 9 nitrogen and oxygen atoms in total. The highest BCUT2D eigenvalue weighted by Crippen LogP contribution is 2.31. The van der Waals surface area contributed by atoms with Crippen LogP contribution < -0.4 is 5.32 Å². The molecular weight excluding hydrogens is 393 g/mol. The molecule has 0 spiro atoms. The van der Waals surface area contributed by atoms with Gasteiger partial charge in [-0.05, 0) is 36.4 Å². The number of nitro groups is 1. The van der Waals surface area contributed by atoms with E-state index in [9.17, 15) is 28.1 Å². The third kappa shape index (κ3) is 4.54. The highest BCUT2D eigenvalue weighted by Gasteiger charge is 2.31. The van der Waals surface area contributed by atoms with Crippen LogP contribution in [0.1, 0.15) is 18.5 Å². The SMILES string of the molecule is CC(C(=O)Nc1ccc([N+](=O)[O-])cc1)n1nnc(-c2cccc(C(F)(F)F)c2)n1. The number of carbonyl (C=O) groups is 1. The lowest BCUT2D eigenvalue weighted by atomic mass is 10.1. The van der Waals surface area contributed by atoms with E-state index in [0.717, 1.165) is 16.9 Å². The quantitative estimate of drug-likeness (QED) is 0.512. The predicted octanol–water partition coefficient (Wildman–Crippen LogP) is 3.47. The number of aromatic nitrogens is 4. The number of alkyl halides is 3. The van der Waals surface area contributed by atoms with Crippen LogP contribution in [-0.2, 0) is 11.0 Å². The van der Waals surface area contributed by atoms with Gasteiger partial charge in [0.05, 0.1) is 10.5 Å². The lowest BCUT2D eigenvalue weighted by molar-refractivity contribution is -0.384. The van der Waals surface area contributed by atoms with E-state index in [0.29, 0.717) is 5.69 Å². The number of tetrazole rings is 1. The van der Waals surface area contributed by atoms with Gasteiger partial charge in [0.25, 0.3) is 11.6 Å². The topological polar surface area (TPSA) is 116 Å². The Hall–Kier alpha value is -3.83. The van der Waals surface area contributed by atoms with E-state index in [1.165, 1.54) is 43.3 Å². The molecule has 1 N–H and O–H groups in total. The summed E-state index contributed by atoms with van der Waals surface area (Å²) in [6.07, 6.45) is -4.51. The van der Waals surface area contributed by atoms with Crippen LogP contribution in [0.3, 0.4) is 0 Å². The minimum Gasteiger partial charge on any atom is -0.324 e. The van der Waals surface area contributed by atoms with Gasteiger partial charge in [0.15, 0.2) is 0 Å². The molecule has 0 aliphatic carbocycles. The zero-order valence-electron chi connectivity index (χ0n) is 14.8. The van der Waals surface area contributed by atoms with Crippen molar-refractivity contribution >= 4 is 17.3 Å². The summed E-state index contributed by atoms with van der Waals surface area (Å²) in [6, 6.07) is 8.72. The Balaban J connectivity index is 1.74.